The summed E-state index contributed by atoms with van der Waals surface area (Å²) in [4.78, 5) is 13.1. The quantitative estimate of drug-likeness (QED) is 0.666. The normalized spacial score (nSPS) is 11.0. The molecule has 0 atom stereocenters. The predicted octanol–water partition coefficient (Wildman–Crippen LogP) is 4.56. The van der Waals surface area contributed by atoms with E-state index < -0.39 is 5.91 Å². The maximum atomic E-state index is 12.2. The van der Waals surface area contributed by atoms with Crippen molar-refractivity contribution in [3.63, 3.8) is 0 Å². The van der Waals surface area contributed by atoms with Crippen molar-refractivity contribution in [3.05, 3.63) is 56.2 Å². The third-order valence-electron chi connectivity index (χ3n) is 3.06. The fourth-order valence-electron chi connectivity index (χ4n) is 1.74. The summed E-state index contributed by atoms with van der Waals surface area (Å²) in [6.45, 7) is 3.76. The maximum Gasteiger partial charge on any atom is 0.266 e. The van der Waals surface area contributed by atoms with Gasteiger partial charge < -0.3 is 5.32 Å². The summed E-state index contributed by atoms with van der Waals surface area (Å²) in [5.41, 5.74) is 2.49. The number of halogens is 1. The molecule has 1 aromatic heterocycles. The van der Waals surface area contributed by atoms with Gasteiger partial charge in [0.25, 0.3) is 5.91 Å². The molecule has 0 radical (unpaired) electrons. The van der Waals surface area contributed by atoms with Crippen molar-refractivity contribution in [2.75, 3.05) is 5.32 Å². The highest BCUT2D eigenvalue weighted by Gasteiger charge is 2.12. The molecule has 5 heteroatoms. The Morgan fingerprint density at radius 3 is 2.76 bits per heavy atom. The van der Waals surface area contributed by atoms with Gasteiger partial charge >= 0.3 is 0 Å². The number of nitrogens with zero attached hydrogens (tertiary/aromatic N) is 1. The maximum absolute atomic E-state index is 12.2. The van der Waals surface area contributed by atoms with Crippen molar-refractivity contribution in [2.24, 2.45) is 0 Å². The number of nitriles is 1. The van der Waals surface area contributed by atoms with E-state index in [1.54, 1.807) is 24.3 Å². The minimum atomic E-state index is -0.435. The third kappa shape index (κ3) is 3.52. The number of anilines is 1. The molecule has 0 bridgehead atoms. The minimum Gasteiger partial charge on any atom is -0.321 e. The molecule has 1 amide bonds. The van der Waals surface area contributed by atoms with Crippen molar-refractivity contribution in [1.82, 2.24) is 0 Å². The average Bonchev–Trinajstić information content (AvgIpc) is 2.86. The van der Waals surface area contributed by atoms with E-state index in [0.717, 1.165) is 16.0 Å². The van der Waals surface area contributed by atoms with Gasteiger partial charge in [-0.15, -0.1) is 11.3 Å². The van der Waals surface area contributed by atoms with Crippen LogP contribution in [0, 0.1) is 25.2 Å². The van der Waals surface area contributed by atoms with Crippen molar-refractivity contribution in [2.45, 2.75) is 13.8 Å². The van der Waals surface area contributed by atoms with Gasteiger partial charge in [0.1, 0.15) is 11.6 Å². The Morgan fingerprint density at radius 1 is 1.38 bits per heavy atom. The minimum absolute atomic E-state index is 0.0694. The van der Waals surface area contributed by atoms with Crippen LogP contribution in [0.25, 0.3) is 6.08 Å². The first kappa shape index (κ1) is 15.3. The van der Waals surface area contributed by atoms with E-state index in [9.17, 15) is 10.1 Å². The fourth-order valence-corrected chi connectivity index (χ4v) is 2.78. The molecule has 21 heavy (non-hydrogen) atoms. The first-order valence-electron chi connectivity index (χ1n) is 6.25. The molecule has 1 aromatic carbocycles. The van der Waals surface area contributed by atoms with E-state index in [2.05, 4.69) is 5.32 Å². The molecule has 0 saturated heterocycles. The zero-order valence-electron chi connectivity index (χ0n) is 11.6. The van der Waals surface area contributed by atoms with Gasteiger partial charge in [0.2, 0.25) is 0 Å². The topological polar surface area (TPSA) is 52.9 Å². The van der Waals surface area contributed by atoms with Gasteiger partial charge in [-0.2, -0.15) is 5.26 Å². The van der Waals surface area contributed by atoms with E-state index in [1.807, 2.05) is 31.4 Å². The van der Waals surface area contributed by atoms with E-state index >= 15 is 0 Å². The molecule has 0 saturated carbocycles. The lowest BCUT2D eigenvalue weighted by Gasteiger charge is -2.08. The van der Waals surface area contributed by atoms with Gasteiger partial charge in [-0.3, -0.25) is 4.79 Å². The molecule has 0 aliphatic heterocycles. The first-order valence-corrected chi connectivity index (χ1v) is 7.51. The summed E-state index contributed by atoms with van der Waals surface area (Å²) < 4.78 is 0. The highest BCUT2D eigenvalue weighted by Crippen LogP contribution is 2.24. The molecular weight excluding hydrogens is 304 g/mol. The van der Waals surface area contributed by atoms with E-state index in [0.29, 0.717) is 10.7 Å². The fraction of sp³-hybridized carbons (Fsp3) is 0.125. The van der Waals surface area contributed by atoms with E-state index in [-0.39, 0.29) is 5.57 Å². The second-order valence-corrected chi connectivity index (χ2v) is 5.86. The number of aryl methyl sites for hydroxylation is 1. The Balaban J connectivity index is 2.26. The van der Waals surface area contributed by atoms with Crippen LogP contribution >= 0.6 is 22.9 Å². The van der Waals surface area contributed by atoms with Crippen LogP contribution in [0.5, 0.6) is 0 Å². The number of hydrogen-bond donors (Lipinski definition) is 1. The molecule has 0 spiro atoms. The van der Waals surface area contributed by atoms with Crippen LogP contribution in [0.4, 0.5) is 5.69 Å². The molecule has 1 heterocycles. The van der Waals surface area contributed by atoms with Crippen LogP contribution in [-0.4, -0.2) is 5.91 Å². The molecular formula is C16H13ClN2OS. The summed E-state index contributed by atoms with van der Waals surface area (Å²) in [7, 11) is 0. The highest BCUT2D eigenvalue weighted by molar-refractivity contribution is 7.11. The summed E-state index contributed by atoms with van der Waals surface area (Å²) in [5, 5.41) is 14.4. The predicted molar refractivity (Wildman–Crippen MR) is 87.5 cm³/mol. The lowest BCUT2D eigenvalue weighted by molar-refractivity contribution is -0.112. The Morgan fingerprint density at radius 2 is 2.14 bits per heavy atom. The van der Waals surface area contributed by atoms with E-state index in [1.165, 1.54) is 11.3 Å². The van der Waals surface area contributed by atoms with Crippen molar-refractivity contribution < 1.29 is 4.79 Å². The van der Waals surface area contributed by atoms with Gasteiger partial charge in [-0.05, 0) is 54.6 Å². The van der Waals surface area contributed by atoms with Crippen LogP contribution in [0.1, 0.15) is 16.0 Å². The molecule has 1 N–H and O–H groups in total. The van der Waals surface area contributed by atoms with Gasteiger partial charge in [0, 0.05) is 15.6 Å². The van der Waals surface area contributed by atoms with Crippen LogP contribution in [0.3, 0.4) is 0 Å². The molecule has 0 unspecified atom stereocenters. The first-order chi connectivity index (χ1) is 10.0. The number of thiophene rings is 1. The van der Waals surface area contributed by atoms with Crippen molar-refractivity contribution in [1.29, 1.82) is 5.26 Å². The lowest BCUT2D eigenvalue weighted by Crippen LogP contribution is -2.14. The summed E-state index contributed by atoms with van der Waals surface area (Å²) in [6, 6.07) is 9.15. The molecule has 0 aliphatic carbocycles. The lowest BCUT2D eigenvalue weighted by atomic mass is 10.1. The smallest absolute Gasteiger partial charge is 0.266 e. The molecule has 2 rings (SSSR count). The Hall–Kier alpha value is -2.09. The molecule has 106 valence electrons. The van der Waals surface area contributed by atoms with Crippen molar-refractivity contribution >= 4 is 40.6 Å². The summed E-state index contributed by atoms with van der Waals surface area (Å²) in [6.07, 6.45) is 1.61. The monoisotopic (exact) mass is 316 g/mol. The number of benzene rings is 1. The summed E-state index contributed by atoms with van der Waals surface area (Å²) in [5.74, 6) is -0.435. The summed E-state index contributed by atoms with van der Waals surface area (Å²) >= 11 is 7.51. The van der Waals surface area contributed by atoms with Gasteiger partial charge in [0.05, 0.1) is 0 Å². The van der Waals surface area contributed by atoms with Gasteiger partial charge in [-0.25, -0.2) is 0 Å². The van der Waals surface area contributed by atoms with Crippen LogP contribution in [0.15, 0.2) is 35.2 Å². The molecule has 0 aliphatic rings. The zero-order valence-corrected chi connectivity index (χ0v) is 13.2. The largest absolute Gasteiger partial charge is 0.321 e. The van der Waals surface area contributed by atoms with Crippen molar-refractivity contribution in [3.8, 4) is 6.07 Å². The SMILES string of the molecule is Cc1ccsc1/C=C(/C#N)C(=O)Nc1cccc(Cl)c1C. The Kier molecular flexibility index (Phi) is 4.79. The van der Waals surface area contributed by atoms with E-state index in [4.69, 9.17) is 11.6 Å². The van der Waals surface area contributed by atoms with Crippen LogP contribution in [0.2, 0.25) is 5.02 Å². The number of carbonyl (C=O) groups is 1. The molecule has 0 fully saturated rings. The third-order valence-corrected chi connectivity index (χ3v) is 4.43. The zero-order chi connectivity index (χ0) is 15.4. The second-order valence-electron chi connectivity index (χ2n) is 4.50. The Labute approximate surface area is 132 Å². The number of hydrogen-bond acceptors (Lipinski definition) is 3. The number of carbonyl (C=O) groups excluding carboxylic acids is 1. The number of rotatable bonds is 3. The number of nitrogens with one attached hydrogen (secondary N) is 1. The molecule has 2 aromatic rings. The second kappa shape index (κ2) is 6.57. The molecule has 3 nitrogen and oxygen atoms in total. The van der Waals surface area contributed by atoms with Crippen LogP contribution < -0.4 is 5.32 Å². The number of amides is 1. The van der Waals surface area contributed by atoms with Crippen LogP contribution in [-0.2, 0) is 4.79 Å². The highest BCUT2D eigenvalue weighted by atomic mass is 35.5. The standard InChI is InChI=1S/C16H13ClN2OS/c1-10-6-7-21-15(10)8-12(9-18)16(20)19-14-5-3-4-13(17)11(14)2/h3-8H,1-2H3,(H,19,20)/b12-8-. The van der Waals surface area contributed by atoms with Gasteiger partial charge in [-0.1, -0.05) is 17.7 Å². The average molecular weight is 317 g/mol. The Bertz CT molecular complexity index is 756. The van der Waals surface area contributed by atoms with Gasteiger partial charge in [0.15, 0.2) is 0 Å².